The molecule has 4 rings (SSSR count). The molecular formula is C24H19ClO3. The van der Waals surface area contributed by atoms with Crippen molar-refractivity contribution in [2.75, 3.05) is 0 Å². The monoisotopic (exact) mass is 390 g/mol. The van der Waals surface area contributed by atoms with Gasteiger partial charge in [0.2, 0.25) is 5.78 Å². The number of Topliss-reactive ketones (excluding diaryl/α,β-unsaturated/α-hetero) is 1. The first kappa shape index (κ1) is 18.3. The van der Waals surface area contributed by atoms with Gasteiger partial charge in [0, 0.05) is 10.6 Å². The number of ketones is 1. The van der Waals surface area contributed by atoms with Gasteiger partial charge in [-0.15, -0.1) is 0 Å². The third kappa shape index (κ3) is 3.54. The van der Waals surface area contributed by atoms with E-state index in [-0.39, 0.29) is 5.78 Å². The van der Waals surface area contributed by atoms with E-state index in [2.05, 4.69) is 0 Å². The summed E-state index contributed by atoms with van der Waals surface area (Å²) in [6.45, 7) is 4.29. The number of aryl methyl sites for hydroxylation is 1. The van der Waals surface area contributed by atoms with E-state index in [1.54, 1.807) is 12.1 Å². The minimum atomic E-state index is -0.109. The smallest absolute Gasteiger partial charge is 0.231 e. The predicted octanol–water partition coefficient (Wildman–Crippen LogP) is 6.15. The summed E-state index contributed by atoms with van der Waals surface area (Å²) in [5, 5.41) is 0.673. The van der Waals surface area contributed by atoms with E-state index < -0.39 is 0 Å². The zero-order valence-electron chi connectivity index (χ0n) is 15.7. The fraction of sp³-hybridized carbons (Fsp3) is 0.125. The summed E-state index contributed by atoms with van der Waals surface area (Å²) in [6.07, 6.45) is 1.80. The first-order valence-electron chi connectivity index (χ1n) is 9.03. The average Bonchev–Trinajstić information content (AvgIpc) is 3.00. The Morgan fingerprint density at radius 2 is 1.86 bits per heavy atom. The number of carbonyl (C=O) groups excluding carboxylic acids is 1. The second-order valence-electron chi connectivity index (χ2n) is 6.78. The third-order valence-electron chi connectivity index (χ3n) is 4.80. The lowest BCUT2D eigenvalue weighted by Crippen LogP contribution is -1.98. The molecule has 0 radical (unpaired) electrons. The number of halogens is 1. The van der Waals surface area contributed by atoms with Gasteiger partial charge in [0.05, 0.1) is 5.56 Å². The molecule has 3 aromatic carbocycles. The summed E-state index contributed by atoms with van der Waals surface area (Å²) in [5.74, 6) is 1.47. The number of hydrogen-bond donors (Lipinski definition) is 0. The Balaban J connectivity index is 1.59. The number of rotatable bonds is 4. The van der Waals surface area contributed by atoms with Gasteiger partial charge in [0.15, 0.2) is 5.76 Å². The van der Waals surface area contributed by atoms with Crippen LogP contribution in [0.25, 0.3) is 6.08 Å². The zero-order chi connectivity index (χ0) is 19.7. The Morgan fingerprint density at radius 3 is 2.64 bits per heavy atom. The maximum atomic E-state index is 12.7. The molecule has 0 spiro atoms. The first-order chi connectivity index (χ1) is 13.5. The van der Waals surface area contributed by atoms with E-state index in [1.807, 2.05) is 68.4 Å². The number of carbonyl (C=O) groups is 1. The number of hydrogen-bond acceptors (Lipinski definition) is 3. The molecule has 0 saturated heterocycles. The zero-order valence-corrected chi connectivity index (χ0v) is 16.4. The summed E-state index contributed by atoms with van der Waals surface area (Å²) in [6, 6.07) is 19.0. The molecule has 3 nitrogen and oxygen atoms in total. The molecular weight excluding hydrogens is 372 g/mol. The maximum Gasteiger partial charge on any atom is 0.231 e. The average molecular weight is 391 g/mol. The molecule has 0 fully saturated rings. The van der Waals surface area contributed by atoms with Gasteiger partial charge in [-0.25, -0.2) is 0 Å². The van der Waals surface area contributed by atoms with Crippen LogP contribution in [0.4, 0.5) is 0 Å². The molecule has 0 N–H and O–H groups in total. The van der Waals surface area contributed by atoms with E-state index in [0.29, 0.717) is 34.5 Å². The Hall–Kier alpha value is -3.04. The first-order valence-corrected chi connectivity index (χ1v) is 9.41. The molecule has 0 atom stereocenters. The molecule has 1 aliphatic rings. The van der Waals surface area contributed by atoms with Crippen molar-refractivity contribution in [3.05, 3.63) is 99.3 Å². The highest BCUT2D eigenvalue weighted by atomic mass is 35.5. The second-order valence-corrected chi connectivity index (χ2v) is 7.22. The van der Waals surface area contributed by atoms with Crippen molar-refractivity contribution in [2.45, 2.75) is 20.5 Å². The van der Waals surface area contributed by atoms with E-state index in [9.17, 15) is 4.79 Å². The summed E-state index contributed by atoms with van der Waals surface area (Å²) in [7, 11) is 0. The van der Waals surface area contributed by atoms with Gasteiger partial charge < -0.3 is 9.47 Å². The van der Waals surface area contributed by atoms with Crippen LogP contribution in [0.2, 0.25) is 5.02 Å². The van der Waals surface area contributed by atoms with E-state index in [0.717, 1.165) is 22.3 Å². The van der Waals surface area contributed by atoms with Gasteiger partial charge >= 0.3 is 0 Å². The number of benzene rings is 3. The van der Waals surface area contributed by atoms with Crippen molar-refractivity contribution in [1.29, 1.82) is 0 Å². The molecule has 1 aliphatic heterocycles. The molecule has 0 aromatic heterocycles. The van der Waals surface area contributed by atoms with Crippen LogP contribution in [0.15, 0.2) is 66.4 Å². The van der Waals surface area contributed by atoms with Crippen molar-refractivity contribution in [3.8, 4) is 11.5 Å². The number of allylic oxidation sites excluding steroid dienone is 1. The standard InChI is InChI=1S/C24H19ClO3/c1-15-6-3-4-8-18(15)13-22-23(26)20-10-11-21(16(2)24(20)28-22)27-14-17-7-5-9-19(25)12-17/h3-13H,14H2,1-2H3/b22-13-. The van der Waals surface area contributed by atoms with Crippen LogP contribution in [-0.4, -0.2) is 5.78 Å². The van der Waals surface area contributed by atoms with Crippen molar-refractivity contribution in [1.82, 2.24) is 0 Å². The van der Waals surface area contributed by atoms with Crippen LogP contribution in [-0.2, 0) is 6.61 Å². The normalized spacial score (nSPS) is 14.1. The van der Waals surface area contributed by atoms with Gasteiger partial charge in [0.1, 0.15) is 18.1 Å². The molecule has 3 aromatic rings. The number of fused-ring (bicyclic) bond motifs is 1. The van der Waals surface area contributed by atoms with Gasteiger partial charge in [-0.05, 0) is 60.9 Å². The van der Waals surface area contributed by atoms with Gasteiger partial charge in [-0.3, -0.25) is 4.79 Å². The summed E-state index contributed by atoms with van der Waals surface area (Å²) in [4.78, 5) is 12.7. The molecule has 28 heavy (non-hydrogen) atoms. The van der Waals surface area contributed by atoms with Crippen molar-refractivity contribution < 1.29 is 14.3 Å². The molecule has 0 aliphatic carbocycles. The molecule has 0 unspecified atom stereocenters. The van der Waals surface area contributed by atoms with Crippen LogP contribution >= 0.6 is 11.6 Å². The molecule has 4 heteroatoms. The molecule has 0 bridgehead atoms. The Morgan fingerprint density at radius 1 is 1.04 bits per heavy atom. The minimum Gasteiger partial charge on any atom is -0.488 e. The molecule has 0 amide bonds. The fourth-order valence-corrected chi connectivity index (χ4v) is 3.42. The Kier molecular flexibility index (Phi) is 4.93. The van der Waals surface area contributed by atoms with Crippen molar-refractivity contribution >= 4 is 23.5 Å². The highest BCUT2D eigenvalue weighted by molar-refractivity contribution is 6.30. The predicted molar refractivity (Wildman–Crippen MR) is 111 cm³/mol. The third-order valence-corrected chi connectivity index (χ3v) is 5.03. The highest BCUT2D eigenvalue weighted by Crippen LogP contribution is 2.39. The van der Waals surface area contributed by atoms with Gasteiger partial charge in [0.25, 0.3) is 0 Å². The van der Waals surface area contributed by atoms with Crippen LogP contribution in [0.1, 0.15) is 32.6 Å². The lowest BCUT2D eigenvalue weighted by molar-refractivity contribution is 0.101. The summed E-state index contributed by atoms with van der Waals surface area (Å²) < 4.78 is 11.9. The molecule has 140 valence electrons. The highest BCUT2D eigenvalue weighted by Gasteiger charge is 2.30. The van der Waals surface area contributed by atoms with Crippen LogP contribution in [0.3, 0.4) is 0 Å². The van der Waals surface area contributed by atoms with E-state index >= 15 is 0 Å². The lowest BCUT2D eigenvalue weighted by atomic mass is 10.0. The van der Waals surface area contributed by atoms with Gasteiger partial charge in [-0.1, -0.05) is 48.0 Å². The number of ether oxygens (including phenoxy) is 2. The van der Waals surface area contributed by atoms with Gasteiger partial charge in [-0.2, -0.15) is 0 Å². The van der Waals surface area contributed by atoms with Crippen molar-refractivity contribution in [3.63, 3.8) is 0 Å². The minimum absolute atomic E-state index is 0.109. The summed E-state index contributed by atoms with van der Waals surface area (Å²) >= 11 is 6.02. The SMILES string of the molecule is Cc1ccccc1/C=C1\Oc2c(ccc(OCc3cccc(Cl)c3)c2C)C1=O. The molecule has 0 saturated carbocycles. The fourth-order valence-electron chi connectivity index (χ4n) is 3.20. The van der Waals surface area contributed by atoms with E-state index in [4.69, 9.17) is 21.1 Å². The van der Waals surface area contributed by atoms with Crippen LogP contribution < -0.4 is 9.47 Å². The topological polar surface area (TPSA) is 35.5 Å². The maximum absolute atomic E-state index is 12.7. The van der Waals surface area contributed by atoms with Crippen LogP contribution in [0, 0.1) is 13.8 Å². The Bertz CT molecular complexity index is 1100. The van der Waals surface area contributed by atoms with Crippen molar-refractivity contribution in [2.24, 2.45) is 0 Å². The lowest BCUT2D eigenvalue weighted by Gasteiger charge is -2.11. The quantitative estimate of drug-likeness (QED) is 0.501. The largest absolute Gasteiger partial charge is 0.488 e. The summed E-state index contributed by atoms with van der Waals surface area (Å²) in [5.41, 5.74) is 4.40. The van der Waals surface area contributed by atoms with Crippen LogP contribution in [0.5, 0.6) is 11.5 Å². The second kappa shape index (κ2) is 7.53. The molecule has 1 heterocycles. The van der Waals surface area contributed by atoms with E-state index in [1.165, 1.54) is 0 Å². The Labute approximate surface area is 169 Å².